The lowest BCUT2D eigenvalue weighted by molar-refractivity contribution is -0.145. The zero-order chi connectivity index (χ0) is 25.9. The number of amides is 2. The highest BCUT2D eigenvalue weighted by atomic mass is 32.2. The molecule has 0 fully saturated rings. The van der Waals surface area contributed by atoms with E-state index in [0.717, 1.165) is 22.3 Å². The van der Waals surface area contributed by atoms with E-state index in [2.05, 4.69) is 15.6 Å². The van der Waals surface area contributed by atoms with E-state index in [4.69, 9.17) is 9.47 Å². The summed E-state index contributed by atoms with van der Waals surface area (Å²) in [5.74, 6) is -0.0371. The van der Waals surface area contributed by atoms with Gasteiger partial charge in [-0.25, -0.2) is 14.6 Å². The lowest BCUT2D eigenvalue weighted by atomic mass is 9.93. The van der Waals surface area contributed by atoms with Crippen LogP contribution >= 0.6 is 23.1 Å². The van der Waals surface area contributed by atoms with Crippen LogP contribution in [0.15, 0.2) is 53.4 Å². The van der Waals surface area contributed by atoms with Crippen LogP contribution in [-0.4, -0.2) is 48.1 Å². The Hall–Kier alpha value is -3.37. The van der Waals surface area contributed by atoms with Gasteiger partial charge < -0.3 is 14.8 Å². The molecule has 2 aromatic carbocycles. The molecule has 0 bridgehead atoms. The monoisotopic (exact) mass is 527 g/mol. The van der Waals surface area contributed by atoms with Gasteiger partial charge in [-0.05, 0) is 59.7 Å². The van der Waals surface area contributed by atoms with Crippen LogP contribution in [0.1, 0.15) is 23.2 Å². The summed E-state index contributed by atoms with van der Waals surface area (Å²) in [6.45, 7) is 2.06. The fraction of sp³-hybridized carbons (Fsp3) is 0.308. The quantitative estimate of drug-likeness (QED) is 0.344. The molecule has 3 rings (SSSR count). The molecule has 0 saturated heterocycles. The van der Waals surface area contributed by atoms with Gasteiger partial charge >= 0.3 is 12.1 Å². The molecule has 1 aromatic heterocycles. The first-order valence-corrected chi connectivity index (χ1v) is 13.6. The second-order valence-corrected chi connectivity index (χ2v) is 9.67. The Labute approximate surface area is 218 Å². The molecule has 0 spiro atoms. The van der Waals surface area contributed by atoms with Crippen molar-refractivity contribution in [1.82, 2.24) is 10.3 Å². The van der Waals surface area contributed by atoms with Crippen molar-refractivity contribution in [3.8, 4) is 11.1 Å². The Bertz CT molecular complexity index is 1180. The van der Waals surface area contributed by atoms with Crippen molar-refractivity contribution in [3.05, 3.63) is 70.2 Å². The summed E-state index contributed by atoms with van der Waals surface area (Å²) in [6, 6.07) is 12.4. The minimum absolute atomic E-state index is 0.0605. The predicted molar refractivity (Wildman–Crippen MR) is 143 cm³/mol. The van der Waals surface area contributed by atoms with Gasteiger partial charge in [-0.15, -0.1) is 11.3 Å². The lowest BCUT2D eigenvalue weighted by Gasteiger charge is -2.18. The number of methoxy groups -OCH3 is 1. The Balaban J connectivity index is 1.79. The molecule has 1 unspecified atom stereocenters. The average Bonchev–Trinajstić information content (AvgIpc) is 3.40. The van der Waals surface area contributed by atoms with Gasteiger partial charge in [0.05, 0.1) is 24.7 Å². The number of carbonyl (C=O) groups excluding carboxylic acids is 3. The van der Waals surface area contributed by atoms with Gasteiger partial charge in [0.2, 0.25) is 5.91 Å². The summed E-state index contributed by atoms with van der Waals surface area (Å²) < 4.78 is 10.1. The number of ether oxygens (including phenoxy) is 2. The molecule has 0 aliphatic heterocycles. The first-order valence-electron chi connectivity index (χ1n) is 11.3. The summed E-state index contributed by atoms with van der Waals surface area (Å²) >= 11 is 3.02. The second kappa shape index (κ2) is 13.6. The van der Waals surface area contributed by atoms with Gasteiger partial charge in [-0.3, -0.25) is 10.1 Å². The Morgan fingerprint density at radius 3 is 2.64 bits per heavy atom. The van der Waals surface area contributed by atoms with Crippen LogP contribution in [0.5, 0.6) is 0 Å². The number of carbonyl (C=O) groups is 3. The number of aryl methyl sites for hydroxylation is 1. The fourth-order valence-corrected chi connectivity index (χ4v) is 4.60. The molecule has 1 heterocycles. The third-order valence-electron chi connectivity index (χ3n) is 5.41. The van der Waals surface area contributed by atoms with Crippen molar-refractivity contribution in [2.75, 3.05) is 24.4 Å². The van der Waals surface area contributed by atoms with Gasteiger partial charge in [-0.2, -0.15) is 11.8 Å². The number of aromatic nitrogens is 1. The van der Waals surface area contributed by atoms with E-state index >= 15 is 0 Å². The average molecular weight is 528 g/mol. The fourth-order valence-electron chi connectivity index (χ4n) is 3.58. The number of hydrogen-bond acceptors (Lipinski definition) is 8. The van der Waals surface area contributed by atoms with E-state index in [-0.39, 0.29) is 18.9 Å². The lowest BCUT2D eigenvalue weighted by Crippen LogP contribution is -2.42. The molecule has 190 valence electrons. The minimum Gasteiger partial charge on any atom is -0.467 e. The van der Waals surface area contributed by atoms with Crippen molar-refractivity contribution >= 4 is 46.8 Å². The summed E-state index contributed by atoms with van der Waals surface area (Å²) in [5, 5.41) is 7.36. The number of hydrogen-bond donors (Lipinski definition) is 2. The Morgan fingerprint density at radius 1 is 1.14 bits per heavy atom. The molecule has 0 radical (unpaired) electrons. The van der Waals surface area contributed by atoms with E-state index < -0.39 is 18.1 Å². The molecule has 0 aliphatic carbocycles. The summed E-state index contributed by atoms with van der Waals surface area (Å²) in [5.41, 5.74) is 6.42. The van der Waals surface area contributed by atoms with Crippen molar-refractivity contribution in [3.63, 3.8) is 0 Å². The summed E-state index contributed by atoms with van der Waals surface area (Å²) in [7, 11) is 1.31. The maximum Gasteiger partial charge on any atom is 0.412 e. The predicted octanol–water partition coefficient (Wildman–Crippen LogP) is 4.82. The van der Waals surface area contributed by atoms with Crippen molar-refractivity contribution < 1.29 is 23.9 Å². The smallest absolute Gasteiger partial charge is 0.412 e. The number of nitrogens with zero attached hydrogens (tertiary/aromatic N) is 1. The van der Waals surface area contributed by atoms with E-state index in [1.54, 1.807) is 29.4 Å². The number of nitrogens with one attached hydrogen (secondary N) is 2. The molecule has 0 saturated carbocycles. The molecule has 2 N–H and O–H groups in total. The van der Waals surface area contributed by atoms with Gasteiger partial charge in [0.15, 0.2) is 0 Å². The standard InChI is InChI=1S/C26H29N3O5S2/c1-17-6-4-5-7-21(17)22-13-19(28-26(32)34-14-20-15-36-16-27-20)9-8-18(22)12-24(30)29-23(10-11-35-3)25(31)33-2/h4-9,13,15-16,23H,10-12,14H2,1-3H3,(H,28,32)(H,29,30). The minimum atomic E-state index is -0.703. The number of esters is 1. The number of thiazole rings is 1. The van der Waals surface area contributed by atoms with Crippen LogP contribution in [0, 0.1) is 6.92 Å². The van der Waals surface area contributed by atoms with Gasteiger partial charge in [0.1, 0.15) is 12.6 Å². The van der Waals surface area contributed by atoms with E-state index in [9.17, 15) is 14.4 Å². The van der Waals surface area contributed by atoms with Crippen LogP contribution in [-0.2, 0) is 32.1 Å². The molecule has 3 aromatic rings. The topological polar surface area (TPSA) is 107 Å². The molecule has 36 heavy (non-hydrogen) atoms. The first-order chi connectivity index (χ1) is 17.4. The number of thioether (sulfide) groups is 1. The molecule has 0 aliphatic rings. The second-order valence-electron chi connectivity index (χ2n) is 7.97. The SMILES string of the molecule is COC(=O)C(CCSC)NC(=O)Cc1ccc(NC(=O)OCc2cscn2)cc1-c1ccccc1C. The Kier molecular flexibility index (Phi) is 10.3. The van der Waals surface area contributed by atoms with Crippen LogP contribution in [0.2, 0.25) is 0 Å². The molecule has 8 nitrogen and oxygen atoms in total. The van der Waals surface area contributed by atoms with E-state index in [0.29, 0.717) is 23.6 Å². The molecular weight excluding hydrogens is 498 g/mol. The number of anilines is 1. The highest BCUT2D eigenvalue weighted by Crippen LogP contribution is 2.30. The number of rotatable bonds is 11. The highest BCUT2D eigenvalue weighted by molar-refractivity contribution is 7.98. The zero-order valence-corrected chi connectivity index (χ0v) is 22.0. The van der Waals surface area contributed by atoms with Gasteiger partial charge in [-0.1, -0.05) is 30.3 Å². The Morgan fingerprint density at radius 2 is 1.94 bits per heavy atom. The maximum absolute atomic E-state index is 12.9. The molecule has 1 atom stereocenters. The van der Waals surface area contributed by atoms with E-state index in [1.807, 2.05) is 48.9 Å². The van der Waals surface area contributed by atoms with Gasteiger partial charge in [0, 0.05) is 11.1 Å². The zero-order valence-electron chi connectivity index (χ0n) is 20.4. The summed E-state index contributed by atoms with van der Waals surface area (Å²) in [4.78, 5) is 41.4. The summed E-state index contributed by atoms with van der Waals surface area (Å²) in [6.07, 6.45) is 1.88. The molecule has 10 heteroatoms. The molecular formula is C26H29N3O5S2. The largest absolute Gasteiger partial charge is 0.467 e. The van der Waals surface area contributed by atoms with Crippen molar-refractivity contribution in [2.45, 2.75) is 32.4 Å². The van der Waals surface area contributed by atoms with Gasteiger partial charge in [0.25, 0.3) is 0 Å². The van der Waals surface area contributed by atoms with Crippen LogP contribution in [0.25, 0.3) is 11.1 Å². The molecule has 2 amide bonds. The maximum atomic E-state index is 12.9. The number of benzene rings is 2. The van der Waals surface area contributed by atoms with Crippen molar-refractivity contribution in [2.24, 2.45) is 0 Å². The first kappa shape index (κ1) is 27.2. The van der Waals surface area contributed by atoms with Crippen molar-refractivity contribution in [1.29, 1.82) is 0 Å². The third kappa shape index (κ3) is 7.82. The van der Waals surface area contributed by atoms with Crippen LogP contribution < -0.4 is 10.6 Å². The normalized spacial score (nSPS) is 11.4. The third-order valence-corrected chi connectivity index (χ3v) is 6.69. The van der Waals surface area contributed by atoms with Crippen LogP contribution in [0.3, 0.4) is 0 Å². The van der Waals surface area contributed by atoms with Crippen LogP contribution in [0.4, 0.5) is 10.5 Å². The van der Waals surface area contributed by atoms with E-state index in [1.165, 1.54) is 18.4 Å². The highest BCUT2D eigenvalue weighted by Gasteiger charge is 2.22.